The highest BCUT2D eigenvalue weighted by Gasteiger charge is 2.46. The number of hydrogen-bond acceptors (Lipinski definition) is 14. The van der Waals surface area contributed by atoms with Gasteiger partial charge in [-0.3, -0.25) is 43.9 Å². The smallest absolute Gasteiger partial charge is 0.293 e. The molecule has 342 valence electrons. The molecule has 19 heteroatoms. The van der Waals surface area contributed by atoms with E-state index in [2.05, 4.69) is 37.2 Å². The Hall–Kier alpha value is -6.11. The molecule has 3 saturated heterocycles. The third-order valence-electron chi connectivity index (χ3n) is 13.4. The molecule has 1 saturated carbocycles. The van der Waals surface area contributed by atoms with Crippen LogP contribution in [0, 0.1) is 6.92 Å². The van der Waals surface area contributed by atoms with Crippen molar-refractivity contribution < 1.29 is 33.4 Å². The lowest BCUT2D eigenvalue weighted by Gasteiger charge is -2.50. The van der Waals surface area contributed by atoms with Crippen LogP contribution in [0.25, 0.3) is 10.9 Å². The molecule has 6 heterocycles. The van der Waals surface area contributed by atoms with Crippen LogP contribution in [-0.2, 0) is 19.1 Å². The first-order valence-corrected chi connectivity index (χ1v) is 22.7. The molecule has 5 aliphatic rings. The summed E-state index contributed by atoms with van der Waals surface area (Å²) in [5.74, 6) is -1.62. The minimum absolute atomic E-state index is 0.0347. The van der Waals surface area contributed by atoms with Gasteiger partial charge in [0.25, 0.3) is 23.3 Å². The Morgan fingerprint density at radius 3 is 2.45 bits per heavy atom. The maximum Gasteiger partial charge on any atom is 0.293 e. The Bertz CT molecular complexity index is 2660. The van der Waals surface area contributed by atoms with Gasteiger partial charge in [-0.15, -0.1) is 0 Å². The molecular weight excluding hydrogens is 856 g/mol. The van der Waals surface area contributed by atoms with Gasteiger partial charge in [0.15, 0.2) is 18.2 Å². The lowest BCUT2D eigenvalue weighted by molar-refractivity contribution is -0.136. The summed E-state index contributed by atoms with van der Waals surface area (Å²) < 4.78 is 13.7. The van der Waals surface area contributed by atoms with Crippen LogP contribution in [0.2, 0.25) is 5.02 Å². The molecule has 2 aromatic carbocycles. The van der Waals surface area contributed by atoms with Crippen LogP contribution in [0.1, 0.15) is 91.6 Å². The highest BCUT2D eigenvalue weighted by Crippen LogP contribution is 2.38. The zero-order valence-electron chi connectivity index (χ0n) is 36.8. The number of piperidine rings is 2. The number of nitrogens with two attached hydrogens (primary N) is 1. The topological polar surface area (TPSA) is 215 Å². The van der Waals surface area contributed by atoms with Crippen molar-refractivity contribution in [2.45, 2.75) is 103 Å². The van der Waals surface area contributed by atoms with Crippen molar-refractivity contribution in [2.75, 3.05) is 54.4 Å². The Morgan fingerprint density at radius 2 is 1.74 bits per heavy atom. The predicted octanol–water partition coefficient (Wildman–Crippen LogP) is 4.07. The van der Waals surface area contributed by atoms with E-state index in [1.807, 2.05) is 45.0 Å². The van der Waals surface area contributed by atoms with E-state index >= 15 is 0 Å². The predicted molar refractivity (Wildman–Crippen MR) is 243 cm³/mol. The quantitative estimate of drug-likeness (QED) is 0.171. The van der Waals surface area contributed by atoms with Crippen molar-refractivity contribution >= 4 is 75.2 Å². The third-order valence-corrected chi connectivity index (χ3v) is 13.7. The van der Waals surface area contributed by atoms with Crippen LogP contribution in [0.5, 0.6) is 5.75 Å². The van der Waals surface area contributed by atoms with Crippen LogP contribution in [0.3, 0.4) is 0 Å². The van der Waals surface area contributed by atoms with Crippen LogP contribution in [0.15, 0.2) is 47.4 Å². The summed E-state index contributed by atoms with van der Waals surface area (Å²) in [6, 6.07) is 10.3. The van der Waals surface area contributed by atoms with E-state index in [9.17, 15) is 28.8 Å². The molecule has 0 bridgehead atoms. The van der Waals surface area contributed by atoms with E-state index < -0.39 is 42.2 Å². The van der Waals surface area contributed by atoms with Gasteiger partial charge < -0.3 is 34.9 Å². The zero-order chi connectivity index (χ0) is 45.8. The van der Waals surface area contributed by atoms with E-state index in [1.165, 1.54) is 0 Å². The molecule has 2 atom stereocenters. The number of halogens is 1. The molecule has 4 aliphatic heterocycles. The monoisotopic (exact) mass is 908 g/mol. The number of nitrogens with zero attached hydrogens (tertiary/aromatic N) is 7. The van der Waals surface area contributed by atoms with Gasteiger partial charge in [0.2, 0.25) is 17.8 Å². The molecule has 1 aliphatic carbocycles. The van der Waals surface area contributed by atoms with Gasteiger partial charge in [-0.25, -0.2) is 4.98 Å². The fourth-order valence-corrected chi connectivity index (χ4v) is 10.2. The Kier molecular flexibility index (Phi) is 12.0. The molecular formula is C46H53ClN10O8. The van der Waals surface area contributed by atoms with Gasteiger partial charge in [-0.2, -0.15) is 4.98 Å². The van der Waals surface area contributed by atoms with E-state index in [-0.39, 0.29) is 48.4 Å². The number of rotatable bonds is 12. The number of amides is 5. The first-order chi connectivity index (χ1) is 31.1. The second-order valence-electron chi connectivity index (χ2n) is 18.0. The first-order valence-electron chi connectivity index (χ1n) is 22.3. The number of carbonyl (C=O) groups is 5. The van der Waals surface area contributed by atoms with E-state index in [0.29, 0.717) is 45.2 Å². The molecule has 9 rings (SSSR count). The Labute approximate surface area is 380 Å². The maximum atomic E-state index is 13.6. The van der Waals surface area contributed by atoms with E-state index in [0.717, 1.165) is 79.9 Å². The highest BCUT2D eigenvalue weighted by molar-refractivity contribution is 6.33. The first kappa shape index (κ1) is 44.1. The summed E-state index contributed by atoms with van der Waals surface area (Å²) >= 11 is 6.59. The lowest BCUT2D eigenvalue weighted by Crippen LogP contribution is -2.60. The second-order valence-corrected chi connectivity index (χ2v) is 18.4. The van der Waals surface area contributed by atoms with Crippen LogP contribution in [-0.4, -0.2) is 124 Å². The Morgan fingerprint density at radius 1 is 0.969 bits per heavy atom. The standard InChI is InChI=1S/C46H53ClN10O8/c1-24(2)56-35-7-5-28(17-27(35)18-37(44(56)62)64-23-38(48)58)50-41-33(47)21-49-46(52-41)53-13-11-30(12-14-53)65-31-19-29(20-31)55-16-15-54(22-25(55)3)34-8-6-32-40(26(34)4)45(63)57(43(32)61)36-9-10-39(59)51-42(36)60/h5-8,17-18,21,24-25,29-31,36H,9-16,19-20,22-23H2,1-4H3,(H2,48,58)(H,49,50,52)(H,51,59,60)/t25-,29?,31?,36?/m0/s1. The van der Waals surface area contributed by atoms with Gasteiger partial charge in [0, 0.05) is 74.0 Å². The van der Waals surface area contributed by atoms with Crippen LogP contribution >= 0.6 is 11.6 Å². The van der Waals surface area contributed by atoms with Gasteiger partial charge >= 0.3 is 0 Å². The normalized spacial score (nSPS) is 23.0. The van der Waals surface area contributed by atoms with Crippen molar-refractivity contribution in [3.05, 3.63) is 74.7 Å². The lowest BCUT2D eigenvalue weighted by atomic mass is 9.86. The number of nitrogens with one attached hydrogen (secondary N) is 2. The molecule has 0 spiro atoms. The number of imide groups is 2. The molecule has 1 unspecified atom stereocenters. The summed E-state index contributed by atoms with van der Waals surface area (Å²) in [5.41, 5.74) is 8.59. The number of carbonyl (C=O) groups excluding carboxylic acids is 5. The summed E-state index contributed by atoms with van der Waals surface area (Å²) in [4.78, 5) is 93.2. The number of aromatic nitrogens is 3. The largest absolute Gasteiger partial charge is 0.478 e. The number of pyridine rings is 1. The summed E-state index contributed by atoms with van der Waals surface area (Å²) in [7, 11) is 0. The second kappa shape index (κ2) is 17.7. The number of anilines is 4. The molecule has 65 heavy (non-hydrogen) atoms. The molecule has 4 N–H and O–H groups in total. The third kappa shape index (κ3) is 8.50. The van der Waals surface area contributed by atoms with Gasteiger partial charge in [-0.1, -0.05) is 11.6 Å². The van der Waals surface area contributed by atoms with E-state index in [4.69, 9.17) is 31.8 Å². The summed E-state index contributed by atoms with van der Waals surface area (Å²) in [5, 5.41) is 6.64. The summed E-state index contributed by atoms with van der Waals surface area (Å²) in [6.07, 6.45) is 5.74. The number of primary amides is 1. The minimum atomic E-state index is -0.994. The van der Waals surface area contributed by atoms with Crippen molar-refractivity contribution in [3.63, 3.8) is 0 Å². The summed E-state index contributed by atoms with van der Waals surface area (Å²) in [6.45, 7) is 11.3. The average molecular weight is 909 g/mol. The Balaban J connectivity index is 0.764. The number of piperazine rings is 1. The van der Waals surface area contributed by atoms with Gasteiger partial charge in [0.05, 0.1) is 35.0 Å². The molecule has 0 radical (unpaired) electrons. The molecule has 4 fully saturated rings. The zero-order valence-corrected chi connectivity index (χ0v) is 37.6. The van der Waals surface area contributed by atoms with Crippen molar-refractivity contribution in [1.29, 1.82) is 0 Å². The number of ether oxygens (including phenoxy) is 2. The number of benzene rings is 2. The van der Waals surface area contributed by atoms with Crippen LogP contribution < -0.4 is 36.5 Å². The van der Waals surface area contributed by atoms with Crippen molar-refractivity contribution in [3.8, 4) is 5.75 Å². The van der Waals surface area contributed by atoms with Gasteiger partial charge in [0.1, 0.15) is 11.1 Å². The molecule has 4 aromatic rings. The van der Waals surface area contributed by atoms with Crippen LogP contribution in [0.4, 0.5) is 23.1 Å². The molecule has 18 nitrogen and oxygen atoms in total. The van der Waals surface area contributed by atoms with Gasteiger partial charge in [-0.05, 0) is 102 Å². The highest BCUT2D eigenvalue weighted by atomic mass is 35.5. The van der Waals surface area contributed by atoms with Crippen molar-refractivity contribution in [1.82, 2.24) is 29.7 Å². The molecule has 2 aromatic heterocycles. The molecule has 5 amide bonds. The fourth-order valence-electron chi connectivity index (χ4n) is 10.1. The SMILES string of the molecule is Cc1c(N2CCN(C3CC(OC4CCN(c5ncc(Cl)c(Nc6ccc7c(c6)cc(OCC(N)=O)c(=O)n7C(C)C)n5)CC4)C3)[C@@H](C)C2)ccc2c1C(=O)N(C1CCC(=O)NC1=O)C2=O. The average Bonchev–Trinajstić information content (AvgIpc) is 3.51. The number of fused-ring (bicyclic) bond motifs is 2. The van der Waals surface area contributed by atoms with E-state index in [1.54, 1.807) is 22.9 Å². The number of hydrogen-bond donors (Lipinski definition) is 3. The minimum Gasteiger partial charge on any atom is -0.478 e. The van der Waals surface area contributed by atoms with Crippen molar-refractivity contribution in [2.24, 2.45) is 5.73 Å². The maximum absolute atomic E-state index is 13.6. The fraction of sp³-hybridized carbons (Fsp3) is 0.478.